The molecule has 0 atom stereocenters. The number of nitrogens with zero attached hydrogens (tertiary/aromatic N) is 2. The van der Waals surface area contributed by atoms with E-state index < -0.39 is 0 Å². The van der Waals surface area contributed by atoms with Crippen LogP contribution in [-0.4, -0.2) is 9.97 Å². The van der Waals surface area contributed by atoms with Gasteiger partial charge in [0, 0.05) is 18.1 Å². The van der Waals surface area contributed by atoms with Gasteiger partial charge in [-0.2, -0.15) is 0 Å². The molecule has 2 N–H and O–H groups in total. The number of pyridine rings is 2. The fourth-order valence-electron chi connectivity index (χ4n) is 1.85. The Labute approximate surface area is 110 Å². The number of hydrogen-bond donors (Lipinski definition) is 1. The summed E-state index contributed by atoms with van der Waals surface area (Å²) in [6, 6.07) is 13.4. The molecule has 1 aromatic carbocycles. The van der Waals surface area contributed by atoms with E-state index in [0.717, 1.165) is 22.3 Å². The van der Waals surface area contributed by atoms with Crippen LogP contribution >= 0.6 is 0 Å². The van der Waals surface area contributed by atoms with Crippen molar-refractivity contribution in [3.63, 3.8) is 0 Å². The maximum absolute atomic E-state index is 5.75. The predicted octanol–water partition coefficient (Wildman–Crippen LogP) is 2.88. The Bertz CT molecular complexity index is 695. The number of rotatable bonds is 3. The van der Waals surface area contributed by atoms with Crippen molar-refractivity contribution in [3.8, 4) is 11.5 Å². The van der Waals surface area contributed by atoms with Crippen molar-refractivity contribution >= 4 is 10.9 Å². The molecule has 3 aromatic rings. The number of benzene rings is 1. The highest BCUT2D eigenvalue weighted by Gasteiger charge is 2.00. The summed E-state index contributed by atoms with van der Waals surface area (Å²) in [5.74, 6) is 1.46. The molecule has 0 spiro atoms. The summed E-state index contributed by atoms with van der Waals surface area (Å²) in [5.41, 5.74) is 7.30. The first kappa shape index (κ1) is 11.6. The Kier molecular flexibility index (Phi) is 3.08. The molecule has 19 heavy (non-hydrogen) atoms. The first-order valence-corrected chi connectivity index (χ1v) is 6.03. The van der Waals surface area contributed by atoms with Crippen LogP contribution in [0.1, 0.15) is 5.69 Å². The molecule has 2 heterocycles. The van der Waals surface area contributed by atoms with Crippen molar-refractivity contribution in [3.05, 3.63) is 60.6 Å². The van der Waals surface area contributed by atoms with Gasteiger partial charge in [-0.3, -0.25) is 9.97 Å². The molecule has 2 aromatic heterocycles. The van der Waals surface area contributed by atoms with E-state index in [2.05, 4.69) is 9.97 Å². The van der Waals surface area contributed by atoms with Crippen molar-refractivity contribution in [2.45, 2.75) is 6.54 Å². The number of aromatic nitrogens is 2. The van der Waals surface area contributed by atoms with E-state index in [4.69, 9.17) is 10.5 Å². The summed E-state index contributed by atoms with van der Waals surface area (Å²) in [6.45, 7) is 0.432. The van der Waals surface area contributed by atoms with Crippen molar-refractivity contribution in [2.75, 3.05) is 0 Å². The zero-order chi connectivity index (χ0) is 13.1. The van der Waals surface area contributed by atoms with Crippen LogP contribution in [0.3, 0.4) is 0 Å². The molecule has 0 aliphatic carbocycles. The maximum Gasteiger partial charge on any atom is 0.145 e. The summed E-state index contributed by atoms with van der Waals surface area (Å²) < 4.78 is 5.75. The summed E-state index contributed by atoms with van der Waals surface area (Å²) in [5, 5.41) is 1.05. The molecular formula is C15H13N3O. The molecule has 4 nitrogen and oxygen atoms in total. The Balaban J connectivity index is 1.87. The summed E-state index contributed by atoms with van der Waals surface area (Å²) >= 11 is 0. The van der Waals surface area contributed by atoms with Crippen LogP contribution in [0.15, 0.2) is 54.9 Å². The zero-order valence-electron chi connectivity index (χ0n) is 10.3. The average molecular weight is 251 g/mol. The van der Waals surface area contributed by atoms with Gasteiger partial charge in [0.05, 0.1) is 17.4 Å². The second-order valence-electron chi connectivity index (χ2n) is 4.15. The highest BCUT2D eigenvalue weighted by Crippen LogP contribution is 2.24. The minimum atomic E-state index is 0.432. The van der Waals surface area contributed by atoms with E-state index in [0.29, 0.717) is 12.3 Å². The van der Waals surface area contributed by atoms with Gasteiger partial charge >= 0.3 is 0 Å². The Morgan fingerprint density at radius 3 is 2.68 bits per heavy atom. The van der Waals surface area contributed by atoms with Crippen LogP contribution in [0, 0.1) is 0 Å². The molecular weight excluding hydrogens is 238 g/mol. The van der Waals surface area contributed by atoms with Crippen molar-refractivity contribution in [1.82, 2.24) is 9.97 Å². The maximum atomic E-state index is 5.75. The standard InChI is InChI=1S/C15H13N3O/c16-9-12-3-4-14(10-18-12)19-13-5-6-15-11(8-13)2-1-7-17-15/h1-8,10H,9,16H2. The van der Waals surface area contributed by atoms with Crippen LogP contribution in [-0.2, 0) is 6.54 Å². The molecule has 3 rings (SSSR count). The van der Waals surface area contributed by atoms with Crippen LogP contribution in [0.5, 0.6) is 11.5 Å². The van der Waals surface area contributed by atoms with Gasteiger partial charge in [0.2, 0.25) is 0 Å². The number of hydrogen-bond acceptors (Lipinski definition) is 4. The minimum absolute atomic E-state index is 0.432. The molecule has 0 saturated carbocycles. The third-order valence-electron chi connectivity index (χ3n) is 2.82. The Hall–Kier alpha value is -2.46. The molecule has 0 bridgehead atoms. The normalized spacial score (nSPS) is 10.6. The van der Waals surface area contributed by atoms with Crippen molar-refractivity contribution in [1.29, 1.82) is 0 Å². The quantitative estimate of drug-likeness (QED) is 0.777. The molecule has 0 amide bonds. The van der Waals surface area contributed by atoms with Gasteiger partial charge in [0.25, 0.3) is 0 Å². The SMILES string of the molecule is NCc1ccc(Oc2ccc3ncccc3c2)cn1. The van der Waals surface area contributed by atoms with Gasteiger partial charge in [0.15, 0.2) is 0 Å². The number of fused-ring (bicyclic) bond motifs is 1. The molecule has 4 heteroatoms. The molecule has 0 fully saturated rings. The van der Waals surface area contributed by atoms with Crippen molar-refractivity contribution in [2.24, 2.45) is 5.73 Å². The van der Waals surface area contributed by atoms with Crippen molar-refractivity contribution < 1.29 is 4.74 Å². The van der Waals surface area contributed by atoms with Crippen LogP contribution in [0.4, 0.5) is 0 Å². The molecule has 94 valence electrons. The van der Waals surface area contributed by atoms with E-state index in [1.807, 2.05) is 42.5 Å². The van der Waals surface area contributed by atoms with Crippen LogP contribution < -0.4 is 10.5 Å². The second-order valence-corrected chi connectivity index (χ2v) is 4.15. The molecule has 0 radical (unpaired) electrons. The molecule has 0 saturated heterocycles. The lowest BCUT2D eigenvalue weighted by atomic mass is 10.2. The van der Waals surface area contributed by atoms with Crippen LogP contribution in [0.25, 0.3) is 10.9 Å². The Morgan fingerprint density at radius 2 is 1.89 bits per heavy atom. The van der Waals surface area contributed by atoms with Crippen LogP contribution in [0.2, 0.25) is 0 Å². The van der Waals surface area contributed by atoms with Gasteiger partial charge < -0.3 is 10.5 Å². The predicted molar refractivity (Wildman–Crippen MR) is 73.9 cm³/mol. The average Bonchev–Trinajstić information content (AvgIpc) is 2.48. The number of nitrogens with two attached hydrogens (primary N) is 1. The minimum Gasteiger partial charge on any atom is -0.456 e. The van der Waals surface area contributed by atoms with Gasteiger partial charge in [-0.1, -0.05) is 6.07 Å². The summed E-state index contributed by atoms with van der Waals surface area (Å²) in [4.78, 5) is 8.46. The molecule has 0 aliphatic rings. The monoisotopic (exact) mass is 251 g/mol. The highest BCUT2D eigenvalue weighted by atomic mass is 16.5. The Morgan fingerprint density at radius 1 is 1.00 bits per heavy atom. The fraction of sp³-hybridized carbons (Fsp3) is 0.0667. The van der Waals surface area contributed by atoms with Gasteiger partial charge in [-0.25, -0.2) is 0 Å². The third-order valence-corrected chi connectivity index (χ3v) is 2.82. The molecule has 0 aliphatic heterocycles. The topological polar surface area (TPSA) is 61.0 Å². The first-order valence-electron chi connectivity index (χ1n) is 6.03. The third kappa shape index (κ3) is 2.53. The lowest BCUT2D eigenvalue weighted by molar-refractivity contribution is 0.480. The largest absolute Gasteiger partial charge is 0.456 e. The lowest BCUT2D eigenvalue weighted by Gasteiger charge is -2.06. The van der Waals surface area contributed by atoms with Gasteiger partial charge in [-0.15, -0.1) is 0 Å². The molecule has 0 unspecified atom stereocenters. The fourth-order valence-corrected chi connectivity index (χ4v) is 1.85. The van der Waals surface area contributed by atoms with Gasteiger partial charge in [-0.05, 0) is 36.4 Å². The number of ether oxygens (including phenoxy) is 1. The highest BCUT2D eigenvalue weighted by molar-refractivity contribution is 5.79. The summed E-state index contributed by atoms with van der Waals surface area (Å²) in [6.07, 6.45) is 3.45. The summed E-state index contributed by atoms with van der Waals surface area (Å²) in [7, 11) is 0. The first-order chi connectivity index (χ1) is 9.35. The smallest absolute Gasteiger partial charge is 0.145 e. The van der Waals surface area contributed by atoms with E-state index in [1.54, 1.807) is 12.4 Å². The van der Waals surface area contributed by atoms with E-state index in [9.17, 15) is 0 Å². The lowest BCUT2D eigenvalue weighted by Crippen LogP contribution is -1.98. The van der Waals surface area contributed by atoms with Gasteiger partial charge in [0.1, 0.15) is 11.5 Å². The van der Waals surface area contributed by atoms with E-state index in [-0.39, 0.29) is 0 Å². The van der Waals surface area contributed by atoms with E-state index >= 15 is 0 Å². The van der Waals surface area contributed by atoms with E-state index in [1.165, 1.54) is 0 Å². The zero-order valence-corrected chi connectivity index (χ0v) is 10.3. The second kappa shape index (κ2) is 5.04.